The molecule has 0 spiro atoms. The predicted octanol–water partition coefficient (Wildman–Crippen LogP) is 5.58. The van der Waals surface area contributed by atoms with Gasteiger partial charge in [0.05, 0.1) is 30.6 Å². The van der Waals surface area contributed by atoms with Crippen LogP contribution in [-0.4, -0.2) is 38.4 Å². The Hall–Kier alpha value is -4.04. The van der Waals surface area contributed by atoms with Crippen molar-refractivity contribution in [3.63, 3.8) is 0 Å². The molecule has 1 atom stereocenters. The lowest BCUT2D eigenvalue weighted by atomic mass is 10.0. The van der Waals surface area contributed by atoms with Gasteiger partial charge in [-0.3, -0.25) is 10.1 Å². The smallest absolute Gasteiger partial charge is 0.149 e. The monoisotopic (exact) mass is 455 g/mol. The summed E-state index contributed by atoms with van der Waals surface area (Å²) in [4.78, 5) is 11.8. The Morgan fingerprint density at radius 3 is 2.85 bits per heavy atom. The topological polar surface area (TPSA) is 88.7 Å². The molecule has 1 aromatic carbocycles. The molecule has 1 unspecified atom stereocenters. The van der Waals surface area contributed by atoms with E-state index in [0.717, 1.165) is 40.9 Å². The molecule has 170 valence electrons. The first-order valence-corrected chi connectivity index (χ1v) is 11.2. The van der Waals surface area contributed by atoms with E-state index in [2.05, 4.69) is 31.2 Å². The number of aromatic nitrogens is 5. The maximum absolute atomic E-state index is 14.6. The number of nitrogens with zero attached hydrogens (tertiary/aromatic N) is 3. The van der Waals surface area contributed by atoms with Crippen molar-refractivity contribution in [1.29, 1.82) is 0 Å². The molecule has 1 aliphatic heterocycles. The van der Waals surface area contributed by atoms with Crippen LogP contribution in [0.2, 0.25) is 0 Å². The lowest BCUT2D eigenvalue weighted by Crippen LogP contribution is -2.06. The van der Waals surface area contributed by atoms with Gasteiger partial charge in [-0.1, -0.05) is 6.08 Å². The van der Waals surface area contributed by atoms with Crippen LogP contribution in [0.3, 0.4) is 0 Å². The highest BCUT2D eigenvalue weighted by Gasteiger charge is 2.19. The van der Waals surface area contributed by atoms with E-state index >= 15 is 0 Å². The van der Waals surface area contributed by atoms with Gasteiger partial charge in [0.25, 0.3) is 0 Å². The summed E-state index contributed by atoms with van der Waals surface area (Å²) in [6.45, 7) is 3.18. The summed E-state index contributed by atoms with van der Waals surface area (Å²) in [6.07, 6.45) is 7.24. The Morgan fingerprint density at radius 2 is 2.03 bits per heavy atom. The molecule has 0 saturated carbocycles. The summed E-state index contributed by atoms with van der Waals surface area (Å²) in [5.74, 6) is 0.231. The molecule has 0 saturated heterocycles. The second-order valence-electron chi connectivity index (χ2n) is 8.29. The molecule has 6 rings (SSSR count). The molecule has 8 heteroatoms. The van der Waals surface area contributed by atoms with Crippen LogP contribution in [0.5, 0.6) is 5.75 Å². The van der Waals surface area contributed by atoms with Crippen LogP contribution in [0.25, 0.3) is 38.8 Å². The number of ether oxygens (including phenoxy) is 2. The SMILES string of the molecule is CC(Oc1ccc2[nH]nc(-c3ccc(C4=CCOCC4)nc3)c2c1)c1c(F)cnc2[nH]ccc12. The largest absolute Gasteiger partial charge is 0.486 e. The number of benzene rings is 1. The second-order valence-corrected chi connectivity index (χ2v) is 8.29. The van der Waals surface area contributed by atoms with Crippen LogP contribution >= 0.6 is 0 Å². The molecule has 0 fully saturated rings. The number of nitrogens with one attached hydrogen (secondary N) is 2. The van der Waals surface area contributed by atoms with E-state index in [-0.39, 0.29) is 0 Å². The van der Waals surface area contributed by atoms with Crippen molar-refractivity contribution < 1.29 is 13.9 Å². The van der Waals surface area contributed by atoms with Gasteiger partial charge < -0.3 is 14.5 Å². The Kier molecular flexibility index (Phi) is 5.07. The lowest BCUT2D eigenvalue weighted by Gasteiger charge is -2.17. The molecular formula is C26H22FN5O2. The van der Waals surface area contributed by atoms with Crippen molar-refractivity contribution in [2.24, 2.45) is 0 Å². The molecule has 4 aromatic heterocycles. The van der Waals surface area contributed by atoms with Gasteiger partial charge in [0.1, 0.15) is 29.0 Å². The van der Waals surface area contributed by atoms with Crippen molar-refractivity contribution in [1.82, 2.24) is 25.1 Å². The minimum absolute atomic E-state index is 0.393. The number of fused-ring (bicyclic) bond motifs is 2. The maximum atomic E-state index is 14.6. The van der Waals surface area contributed by atoms with Gasteiger partial charge in [-0.05, 0) is 55.3 Å². The summed E-state index contributed by atoms with van der Waals surface area (Å²) in [5, 5.41) is 9.20. The summed E-state index contributed by atoms with van der Waals surface area (Å²) in [7, 11) is 0. The molecule has 0 amide bonds. The Morgan fingerprint density at radius 1 is 1.09 bits per heavy atom. The fourth-order valence-electron chi connectivity index (χ4n) is 4.45. The summed E-state index contributed by atoms with van der Waals surface area (Å²) >= 11 is 0. The number of halogens is 1. The molecule has 7 nitrogen and oxygen atoms in total. The number of rotatable bonds is 5. The predicted molar refractivity (Wildman–Crippen MR) is 128 cm³/mol. The lowest BCUT2D eigenvalue weighted by molar-refractivity contribution is 0.161. The van der Waals surface area contributed by atoms with Crippen LogP contribution in [-0.2, 0) is 4.74 Å². The van der Waals surface area contributed by atoms with Gasteiger partial charge in [0.15, 0.2) is 0 Å². The minimum Gasteiger partial charge on any atom is -0.486 e. The molecule has 1 aliphatic rings. The van der Waals surface area contributed by atoms with Crippen LogP contribution in [0, 0.1) is 5.82 Å². The van der Waals surface area contributed by atoms with Gasteiger partial charge >= 0.3 is 0 Å². The van der Waals surface area contributed by atoms with Crippen molar-refractivity contribution in [3.05, 3.63) is 78.1 Å². The van der Waals surface area contributed by atoms with Crippen molar-refractivity contribution in [2.75, 3.05) is 13.2 Å². The third-order valence-corrected chi connectivity index (χ3v) is 6.16. The van der Waals surface area contributed by atoms with E-state index in [1.807, 2.05) is 49.5 Å². The zero-order valence-corrected chi connectivity index (χ0v) is 18.5. The molecule has 5 heterocycles. The number of aromatic amines is 2. The van der Waals surface area contributed by atoms with Gasteiger partial charge in [-0.15, -0.1) is 0 Å². The quantitative estimate of drug-likeness (QED) is 0.361. The Labute approximate surface area is 194 Å². The van der Waals surface area contributed by atoms with Gasteiger partial charge in [-0.25, -0.2) is 9.37 Å². The Balaban J connectivity index is 1.31. The van der Waals surface area contributed by atoms with E-state index in [1.54, 1.807) is 6.20 Å². The van der Waals surface area contributed by atoms with Crippen molar-refractivity contribution >= 4 is 27.5 Å². The molecule has 0 aliphatic carbocycles. The van der Waals surface area contributed by atoms with Crippen LogP contribution in [0.1, 0.15) is 30.7 Å². The molecule has 5 aromatic rings. The van der Waals surface area contributed by atoms with Crippen molar-refractivity contribution in [3.8, 4) is 17.0 Å². The van der Waals surface area contributed by atoms with Crippen molar-refractivity contribution in [2.45, 2.75) is 19.4 Å². The summed E-state index contributed by atoms with van der Waals surface area (Å²) in [6, 6.07) is 11.5. The number of hydrogen-bond donors (Lipinski definition) is 2. The molecule has 0 radical (unpaired) electrons. The van der Waals surface area contributed by atoms with E-state index < -0.39 is 11.9 Å². The molecular weight excluding hydrogens is 433 g/mol. The highest BCUT2D eigenvalue weighted by molar-refractivity contribution is 5.93. The molecule has 2 N–H and O–H groups in total. The summed E-state index contributed by atoms with van der Waals surface area (Å²) in [5.41, 5.74) is 5.84. The van der Waals surface area contributed by atoms with Gasteiger partial charge in [0.2, 0.25) is 0 Å². The van der Waals surface area contributed by atoms with Gasteiger partial charge in [0, 0.05) is 34.3 Å². The average molecular weight is 455 g/mol. The second kappa shape index (κ2) is 8.39. The minimum atomic E-state index is -0.511. The van der Waals surface area contributed by atoms with Crippen LogP contribution in [0.15, 0.2) is 61.1 Å². The Bertz CT molecular complexity index is 1520. The average Bonchev–Trinajstić information content (AvgIpc) is 3.51. The fourth-order valence-corrected chi connectivity index (χ4v) is 4.45. The third-order valence-electron chi connectivity index (χ3n) is 6.16. The highest BCUT2D eigenvalue weighted by Crippen LogP contribution is 2.33. The zero-order valence-electron chi connectivity index (χ0n) is 18.5. The first-order chi connectivity index (χ1) is 16.7. The summed E-state index contributed by atoms with van der Waals surface area (Å²) < 4.78 is 26.2. The van der Waals surface area contributed by atoms with Crippen LogP contribution in [0.4, 0.5) is 4.39 Å². The molecule has 34 heavy (non-hydrogen) atoms. The first-order valence-electron chi connectivity index (χ1n) is 11.2. The first kappa shape index (κ1) is 20.6. The van der Waals surface area contributed by atoms with Gasteiger partial charge in [-0.2, -0.15) is 5.10 Å². The van der Waals surface area contributed by atoms with Crippen LogP contribution < -0.4 is 4.74 Å². The fraction of sp³-hybridized carbons (Fsp3) is 0.192. The number of pyridine rings is 2. The zero-order chi connectivity index (χ0) is 23.1. The molecule has 0 bridgehead atoms. The van der Waals surface area contributed by atoms with E-state index in [4.69, 9.17) is 9.47 Å². The maximum Gasteiger partial charge on any atom is 0.149 e. The highest BCUT2D eigenvalue weighted by atomic mass is 19.1. The van der Waals surface area contributed by atoms with E-state index in [9.17, 15) is 4.39 Å². The standard InChI is InChI=1S/C26H22FN5O2/c1-15(24-19-6-9-28-26(19)30-14-21(24)27)34-18-3-5-23-20(12-18)25(32-31-23)17-2-4-22(29-13-17)16-7-10-33-11-8-16/h2-7,9,12-15H,8,10-11H2,1H3,(H,28,30)(H,31,32). The third kappa shape index (κ3) is 3.62. The number of H-pyrrole nitrogens is 2. The van der Waals surface area contributed by atoms with E-state index in [0.29, 0.717) is 29.0 Å². The van der Waals surface area contributed by atoms with E-state index in [1.165, 1.54) is 11.8 Å². The normalized spacial score (nSPS) is 14.9. The number of hydrogen-bond acceptors (Lipinski definition) is 5.